The van der Waals surface area contributed by atoms with Gasteiger partial charge >= 0.3 is 0 Å². The maximum atomic E-state index is 12.1. The summed E-state index contributed by atoms with van der Waals surface area (Å²) in [5.74, 6) is 0.652. The summed E-state index contributed by atoms with van der Waals surface area (Å²) >= 11 is 0. The molecule has 94 valence electrons. The molecule has 2 N–H and O–H groups in total. The van der Waals surface area contributed by atoms with Crippen molar-refractivity contribution in [2.75, 3.05) is 12.4 Å². The monoisotopic (exact) mass is 255 g/mol. The van der Waals surface area contributed by atoms with Crippen LogP contribution in [0.15, 0.2) is 23.2 Å². The Labute approximate surface area is 102 Å². The summed E-state index contributed by atoms with van der Waals surface area (Å²) in [7, 11) is -1.70. The largest absolute Gasteiger partial charge is 0.373 e. The third-order valence-corrected chi connectivity index (χ3v) is 4.76. The second-order valence-electron chi connectivity index (χ2n) is 4.65. The fourth-order valence-electron chi connectivity index (χ4n) is 1.88. The van der Waals surface area contributed by atoms with E-state index < -0.39 is 10.0 Å². The zero-order valence-electron chi connectivity index (χ0n) is 10.0. The van der Waals surface area contributed by atoms with Crippen molar-refractivity contribution in [2.45, 2.75) is 36.6 Å². The molecule has 0 atom stereocenters. The van der Waals surface area contributed by atoms with Gasteiger partial charge in [-0.3, -0.25) is 0 Å². The molecular weight excluding hydrogens is 238 g/mol. The maximum absolute atomic E-state index is 12.1. The Balaban J connectivity index is 2.19. The van der Waals surface area contributed by atoms with Crippen molar-refractivity contribution in [3.8, 4) is 0 Å². The molecule has 17 heavy (non-hydrogen) atoms. The van der Waals surface area contributed by atoms with Crippen LogP contribution < -0.4 is 10.0 Å². The molecule has 1 saturated carbocycles. The maximum Gasteiger partial charge on any atom is 0.242 e. The molecule has 1 aromatic heterocycles. The predicted octanol–water partition coefficient (Wildman–Crippen LogP) is 1.34. The first-order valence-corrected chi connectivity index (χ1v) is 7.11. The summed E-state index contributed by atoms with van der Waals surface area (Å²) in [5, 5.41) is 2.85. The molecule has 2 rings (SSSR count). The predicted molar refractivity (Wildman–Crippen MR) is 66.4 cm³/mol. The Morgan fingerprint density at radius 2 is 2.06 bits per heavy atom. The fourth-order valence-corrected chi connectivity index (χ4v) is 3.29. The lowest BCUT2D eigenvalue weighted by Crippen LogP contribution is -2.50. The van der Waals surface area contributed by atoms with Crippen LogP contribution in [-0.4, -0.2) is 26.0 Å². The number of nitrogens with zero attached hydrogens (tertiary/aromatic N) is 1. The van der Waals surface area contributed by atoms with Gasteiger partial charge in [0.25, 0.3) is 0 Å². The first-order chi connectivity index (χ1) is 7.95. The molecule has 0 unspecified atom stereocenters. The molecule has 1 aromatic rings. The van der Waals surface area contributed by atoms with Gasteiger partial charge in [-0.25, -0.2) is 18.1 Å². The zero-order valence-corrected chi connectivity index (χ0v) is 10.8. The molecule has 1 fully saturated rings. The van der Waals surface area contributed by atoms with Crippen LogP contribution in [0.1, 0.15) is 26.2 Å². The van der Waals surface area contributed by atoms with Gasteiger partial charge in [0.05, 0.1) is 0 Å². The molecular formula is C11H17N3O2S. The molecule has 5 nitrogen and oxygen atoms in total. The highest BCUT2D eigenvalue weighted by molar-refractivity contribution is 7.89. The average molecular weight is 255 g/mol. The van der Waals surface area contributed by atoms with Crippen molar-refractivity contribution in [3.05, 3.63) is 18.3 Å². The highest BCUT2D eigenvalue weighted by Gasteiger charge is 2.36. The first kappa shape index (κ1) is 12.3. The number of nitrogens with one attached hydrogen (secondary N) is 2. The van der Waals surface area contributed by atoms with Crippen molar-refractivity contribution in [3.63, 3.8) is 0 Å². The molecule has 1 heterocycles. The van der Waals surface area contributed by atoms with E-state index in [0.29, 0.717) is 5.82 Å². The van der Waals surface area contributed by atoms with Crippen LogP contribution in [-0.2, 0) is 10.0 Å². The van der Waals surface area contributed by atoms with Crippen LogP contribution in [0.4, 0.5) is 5.82 Å². The van der Waals surface area contributed by atoms with Gasteiger partial charge in [-0.1, -0.05) is 0 Å². The van der Waals surface area contributed by atoms with Crippen LogP contribution in [0.3, 0.4) is 0 Å². The van der Waals surface area contributed by atoms with E-state index in [-0.39, 0.29) is 10.4 Å². The molecule has 0 bridgehead atoms. The van der Waals surface area contributed by atoms with Crippen molar-refractivity contribution in [1.29, 1.82) is 0 Å². The summed E-state index contributed by atoms with van der Waals surface area (Å²) in [6.07, 6.45) is 4.24. The van der Waals surface area contributed by atoms with Crippen molar-refractivity contribution < 1.29 is 8.42 Å². The number of rotatable bonds is 4. The number of hydrogen-bond donors (Lipinski definition) is 2. The summed E-state index contributed by atoms with van der Waals surface area (Å²) < 4.78 is 26.9. The molecule has 6 heteroatoms. The van der Waals surface area contributed by atoms with E-state index >= 15 is 0 Å². The van der Waals surface area contributed by atoms with E-state index in [1.807, 2.05) is 6.92 Å². The number of hydrogen-bond acceptors (Lipinski definition) is 4. The quantitative estimate of drug-likeness (QED) is 0.852. The molecule has 1 aliphatic carbocycles. The zero-order chi connectivity index (χ0) is 12.5. The van der Waals surface area contributed by atoms with Gasteiger partial charge in [0, 0.05) is 18.8 Å². The van der Waals surface area contributed by atoms with Gasteiger partial charge in [0.2, 0.25) is 10.0 Å². The normalized spacial score (nSPS) is 18.5. The van der Waals surface area contributed by atoms with Crippen LogP contribution in [0.2, 0.25) is 0 Å². The van der Waals surface area contributed by atoms with Crippen molar-refractivity contribution >= 4 is 15.8 Å². The van der Waals surface area contributed by atoms with Crippen molar-refractivity contribution in [1.82, 2.24) is 9.71 Å². The second kappa shape index (κ2) is 4.27. The number of anilines is 1. The summed E-state index contributed by atoms with van der Waals surface area (Å²) in [5.41, 5.74) is -0.277. The molecule has 0 spiro atoms. The molecule has 0 radical (unpaired) electrons. The summed E-state index contributed by atoms with van der Waals surface area (Å²) in [6.45, 7) is 1.93. The van der Waals surface area contributed by atoms with Gasteiger partial charge in [-0.05, 0) is 38.3 Å². The van der Waals surface area contributed by atoms with Gasteiger partial charge in [-0.15, -0.1) is 0 Å². The molecule has 0 aliphatic heterocycles. The smallest absolute Gasteiger partial charge is 0.242 e. The molecule has 0 aromatic carbocycles. The van der Waals surface area contributed by atoms with E-state index in [0.717, 1.165) is 19.3 Å². The minimum Gasteiger partial charge on any atom is -0.373 e. The number of pyridine rings is 1. The Hall–Kier alpha value is -1.14. The second-order valence-corrected chi connectivity index (χ2v) is 6.33. The van der Waals surface area contributed by atoms with E-state index in [1.54, 1.807) is 19.2 Å². The van der Waals surface area contributed by atoms with Gasteiger partial charge in [-0.2, -0.15) is 0 Å². The Bertz CT molecular complexity index is 492. The van der Waals surface area contributed by atoms with Gasteiger partial charge < -0.3 is 5.32 Å². The van der Waals surface area contributed by atoms with E-state index in [1.165, 1.54) is 6.20 Å². The highest BCUT2D eigenvalue weighted by Crippen LogP contribution is 2.32. The lowest BCUT2D eigenvalue weighted by molar-refractivity contribution is 0.248. The Morgan fingerprint density at radius 1 is 1.35 bits per heavy atom. The van der Waals surface area contributed by atoms with E-state index in [9.17, 15) is 8.42 Å². The summed E-state index contributed by atoms with van der Waals surface area (Å²) in [6, 6.07) is 3.21. The van der Waals surface area contributed by atoms with E-state index in [4.69, 9.17) is 0 Å². The van der Waals surface area contributed by atoms with E-state index in [2.05, 4.69) is 15.0 Å². The topological polar surface area (TPSA) is 71.1 Å². The number of sulfonamides is 1. The van der Waals surface area contributed by atoms with Crippen LogP contribution in [0.25, 0.3) is 0 Å². The van der Waals surface area contributed by atoms with Crippen molar-refractivity contribution in [2.24, 2.45) is 0 Å². The molecule has 0 saturated heterocycles. The highest BCUT2D eigenvalue weighted by atomic mass is 32.2. The number of aromatic nitrogens is 1. The third kappa shape index (κ3) is 2.58. The van der Waals surface area contributed by atoms with Crippen LogP contribution in [0.5, 0.6) is 0 Å². The Kier molecular flexibility index (Phi) is 3.09. The van der Waals surface area contributed by atoms with Crippen LogP contribution >= 0.6 is 0 Å². The molecule has 1 aliphatic rings. The summed E-state index contributed by atoms with van der Waals surface area (Å²) in [4.78, 5) is 4.22. The first-order valence-electron chi connectivity index (χ1n) is 5.63. The fraction of sp³-hybridized carbons (Fsp3) is 0.545. The minimum absolute atomic E-state index is 0.213. The lowest BCUT2D eigenvalue weighted by atomic mass is 9.80. The molecule has 0 amide bonds. The standard InChI is InChI=1S/C11H17N3O2S/c1-11(6-3-7-11)14-17(15,16)9-4-5-10(12-2)13-8-9/h4-5,8,14H,3,6-7H2,1-2H3,(H,12,13). The minimum atomic E-state index is -3.44. The Morgan fingerprint density at radius 3 is 2.47 bits per heavy atom. The lowest BCUT2D eigenvalue weighted by Gasteiger charge is -2.38. The third-order valence-electron chi connectivity index (χ3n) is 3.14. The van der Waals surface area contributed by atoms with Crippen LogP contribution in [0, 0.1) is 0 Å². The average Bonchev–Trinajstić information content (AvgIpc) is 2.26. The van der Waals surface area contributed by atoms with Gasteiger partial charge in [0.15, 0.2) is 0 Å². The van der Waals surface area contributed by atoms with Gasteiger partial charge in [0.1, 0.15) is 10.7 Å². The SMILES string of the molecule is CNc1ccc(S(=O)(=O)NC2(C)CCC2)cn1.